The van der Waals surface area contributed by atoms with E-state index < -0.39 is 0 Å². The largest absolute Gasteiger partial charge is 0.361 e. The van der Waals surface area contributed by atoms with Crippen molar-refractivity contribution in [2.24, 2.45) is 0 Å². The third-order valence-electron chi connectivity index (χ3n) is 3.61. The van der Waals surface area contributed by atoms with Crippen molar-refractivity contribution in [3.8, 4) is 0 Å². The van der Waals surface area contributed by atoms with E-state index in [2.05, 4.69) is 27.2 Å². The molecule has 1 N–H and O–H groups in total. The minimum Gasteiger partial charge on any atom is -0.361 e. The zero-order chi connectivity index (χ0) is 12.5. The maximum atomic E-state index is 5.10. The van der Waals surface area contributed by atoms with Gasteiger partial charge in [-0.05, 0) is 32.4 Å². The number of nitrogens with zero attached hydrogens (tertiary/aromatic N) is 3. The first kappa shape index (κ1) is 11.5. The second-order valence-electron chi connectivity index (χ2n) is 5.12. The third kappa shape index (κ3) is 2.18. The maximum absolute atomic E-state index is 5.10. The first-order valence-electron chi connectivity index (χ1n) is 6.37. The van der Waals surface area contributed by atoms with Gasteiger partial charge in [0, 0.05) is 30.8 Å². The van der Waals surface area contributed by atoms with Crippen molar-refractivity contribution < 1.29 is 4.52 Å². The Morgan fingerprint density at radius 2 is 2.39 bits per heavy atom. The Hall–Kier alpha value is -1.62. The summed E-state index contributed by atoms with van der Waals surface area (Å²) < 4.78 is 5.10. The summed E-state index contributed by atoms with van der Waals surface area (Å²) in [5.41, 5.74) is 3.57. The molecule has 1 aliphatic heterocycles. The highest BCUT2D eigenvalue weighted by Crippen LogP contribution is 2.28. The number of likely N-dealkylation sites (tertiary alicyclic amines) is 1. The van der Waals surface area contributed by atoms with Gasteiger partial charge in [-0.25, -0.2) is 0 Å². The lowest BCUT2D eigenvalue weighted by Gasteiger charge is -2.13. The topological polar surface area (TPSA) is 58.0 Å². The number of H-pyrrole nitrogens is 1. The molecule has 0 spiro atoms. The fraction of sp³-hybridized carbons (Fsp3) is 0.538. The number of aryl methyl sites for hydroxylation is 2. The molecule has 0 amide bonds. The lowest BCUT2D eigenvalue weighted by atomic mass is 10.0. The molecule has 0 radical (unpaired) electrons. The van der Waals surface area contributed by atoms with Crippen LogP contribution in [0.2, 0.25) is 0 Å². The monoisotopic (exact) mass is 246 g/mol. The molecule has 0 unspecified atom stereocenters. The molecule has 96 valence electrons. The van der Waals surface area contributed by atoms with Gasteiger partial charge in [0.1, 0.15) is 5.76 Å². The summed E-state index contributed by atoms with van der Waals surface area (Å²) in [4.78, 5) is 2.42. The number of nitrogens with one attached hydrogen (secondary N) is 1. The SMILES string of the molecule is Cc1cc(CN2CC[C@@H](c3[nH]ncc3C)C2)no1. The van der Waals surface area contributed by atoms with Gasteiger partial charge >= 0.3 is 0 Å². The van der Waals surface area contributed by atoms with Gasteiger partial charge in [0.15, 0.2) is 0 Å². The molecule has 0 aromatic carbocycles. The summed E-state index contributed by atoms with van der Waals surface area (Å²) in [6.45, 7) is 7.09. The van der Waals surface area contributed by atoms with Crippen LogP contribution in [0, 0.1) is 13.8 Å². The molecule has 1 atom stereocenters. The Morgan fingerprint density at radius 1 is 1.50 bits per heavy atom. The maximum Gasteiger partial charge on any atom is 0.133 e. The molecular formula is C13H18N4O. The van der Waals surface area contributed by atoms with Crippen LogP contribution in [0.15, 0.2) is 16.8 Å². The Morgan fingerprint density at radius 3 is 3.06 bits per heavy atom. The molecule has 0 aliphatic carbocycles. The molecule has 0 saturated carbocycles. The number of aromatic amines is 1. The number of rotatable bonds is 3. The minimum absolute atomic E-state index is 0.570. The lowest BCUT2D eigenvalue weighted by molar-refractivity contribution is 0.308. The minimum atomic E-state index is 0.570. The van der Waals surface area contributed by atoms with Gasteiger partial charge in [-0.2, -0.15) is 5.10 Å². The van der Waals surface area contributed by atoms with Crippen LogP contribution in [-0.2, 0) is 6.54 Å². The molecule has 3 rings (SSSR count). The highest BCUT2D eigenvalue weighted by atomic mass is 16.5. The van der Waals surface area contributed by atoms with Gasteiger partial charge in [0.25, 0.3) is 0 Å². The van der Waals surface area contributed by atoms with E-state index >= 15 is 0 Å². The van der Waals surface area contributed by atoms with Crippen molar-refractivity contribution >= 4 is 0 Å². The zero-order valence-corrected chi connectivity index (χ0v) is 10.8. The Labute approximate surface area is 106 Å². The molecule has 18 heavy (non-hydrogen) atoms. The highest BCUT2D eigenvalue weighted by molar-refractivity contribution is 5.20. The van der Waals surface area contributed by atoms with Crippen molar-refractivity contribution in [3.05, 3.63) is 35.0 Å². The Balaban J connectivity index is 1.63. The second kappa shape index (κ2) is 4.57. The van der Waals surface area contributed by atoms with Crippen LogP contribution < -0.4 is 0 Å². The summed E-state index contributed by atoms with van der Waals surface area (Å²) in [5.74, 6) is 1.45. The smallest absolute Gasteiger partial charge is 0.133 e. The fourth-order valence-corrected chi connectivity index (χ4v) is 2.70. The summed E-state index contributed by atoms with van der Waals surface area (Å²) >= 11 is 0. The Bertz CT molecular complexity index is 531. The molecule has 1 saturated heterocycles. The molecule has 1 aliphatic rings. The van der Waals surface area contributed by atoms with Gasteiger partial charge < -0.3 is 4.52 Å². The lowest BCUT2D eigenvalue weighted by Crippen LogP contribution is -2.20. The molecule has 1 fully saturated rings. The molecular weight excluding hydrogens is 228 g/mol. The van der Waals surface area contributed by atoms with Crippen LogP contribution in [-0.4, -0.2) is 33.3 Å². The number of hydrogen-bond acceptors (Lipinski definition) is 4. The third-order valence-corrected chi connectivity index (χ3v) is 3.61. The van der Waals surface area contributed by atoms with Crippen LogP contribution >= 0.6 is 0 Å². The van der Waals surface area contributed by atoms with Crippen molar-refractivity contribution in [2.75, 3.05) is 13.1 Å². The van der Waals surface area contributed by atoms with E-state index in [9.17, 15) is 0 Å². The zero-order valence-electron chi connectivity index (χ0n) is 10.8. The molecule has 5 heteroatoms. The van der Waals surface area contributed by atoms with Crippen LogP contribution in [0.4, 0.5) is 0 Å². The van der Waals surface area contributed by atoms with Crippen LogP contribution in [0.5, 0.6) is 0 Å². The van der Waals surface area contributed by atoms with Gasteiger partial charge in [-0.15, -0.1) is 0 Å². The van der Waals surface area contributed by atoms with Crippen LogP contribution in [0.25, 0.3) is 0 Å². The van der Waals surface area contributed by atoms with E-state index in [0.29, 0.717) is 5.92 Å². The van der Waals surface area contributed by atoms with Gasteiger partial charge in [-0.3, -0.25) is 10.00 Å². The van der Waals surface area contributed by atoms with Crippen molar-refractivity contribution in [1.29, 1.82) is 0 Å². The van der Waals surface area contributed by atoms with Crippen molar-refractivity contribution in [1.82, 2.24) is 20.3 Å². The summed E-state index contributed by atoms with van der Waals surface area (Å²) in [5, 5.41) is 11.3. The van der Waals surface area contributed by atoms with Crippen molar-refractivity contribution in [3.63, 3.8) is 0 Å². The standard InChI is InChI=1S/C13H18N4O/c1-9-6-14-15-13(9)11-3-4-17(7-11)8-12-5-10(2)18-16-12/h5-6,11H,3-4,7-8H2,1-2H3,(H,14,15)/t11-/m1/s1. The van der Waals surface area contributed by atoms with E-state index in [4.69, 9.17) is 4.52 Å². The second-order valence-corrected chi connectivity index (χ2v) is 5.12. The highest BCUT2D eigenvalue weighted by Gasteiger charge is 2.26. The van der Waals surface area contributed by atoms with Gasteiger partial charge in [-0.1, -0.05) is 5.16 Å². The molecule has 2 aromatic heterocycles. The van der Waals surface area contributed by atoms with Gasteiger partial charge in [0.2, 0.25) is 0 Å². The molecule has 3 heterocycles. The van der Waals surface area contributed by atoms with E-state index in [0.717, 1.165) is 31.1 Å². The predicted molar refractivity (Wildman–Crippen MR) is 67.2 cm³/mol. The number of hydrogen-bond donors (Lipinski definition) is 1. The quantitative estimate of drug-likeness (QED) is 0.900. The van der Waals surface area contributed by atoms with E-state index in [1.807, 2.05) is 19.2 Å². The summed E-state index contributed by atoms with van der Waals surface area (Å²) in [7, 11) is 0. The average Bonchev–Trinajstić information content (AvgIpc) is 3.02. The van der Waals surface area contributed by atoms with E-state index in [1.165, 1.54) is 17.7 Å². The number of aromatic nitrogens is 3. The van der Waals surface area contributed by atoms with Crippen LogP contribution in [0.3, 0.4) is 0 Å². The first-order chi connectivity index (χ1) is 8.72. The van der Waals surface area contributed by atoms with Crippen molar-refractivity contribution in [2.45, 2.75) is 32.7 Å². The van der Waals surface area contributed by atoms with E-state index in [-0.39, 0.29) is 0 Å². The average molecular weight is 246 g/mol. The molecule has 0 bridgehead atoms. The molecule has 5 nitrogen and oxygen atoms in total. The Kier molecular flexibility index (Phi) is 2.91. The molecule has 2 aromatic rings. The van der Waals surface area contributed by atoms with E-state index in [1.54, 1.807) is 0 Å². The first-order valence-corrected chi connectivity index (χ1v) is 6.37. The normalized spacial score (nSPS) is 20.7. The predicted octanol–water partition coefficient (Wildman–Crippen LogP) is 2.00. The fourth-order valence-electron chi connectivity index (χ4n) is 2.70. The van der Waals surface area contributed by atoms with Crippen LogP contribution in [0.1, 0.15) is 35.1 Å². The summed E-state index contributed by atoms with van der Waals surface area (Å²) in [6.07, 6.45) is 3.08. The summed E-state index contributed by atoms with van der Waals surface area (Å²) in [6, 6.07) is 2.01. The van der Waals surface area contributed by atoms with Gasteiger partial charge in [0.05, 0.1) is 11.9 Å².